The number of amides is 2. The molecule has 8 heteroatoms. The fourth-order valence-corrected chi connectivity index (χ4v) is 1.43. The predicted octanol–water partition coefficient (Wildman–Crippen LogP) is 1.79. The minimum atomic E-state index is -4.61. The van der Waals surface area contributed by atoms with Gasteiger partial charge in [-0.2, -0.15) is 13.2 Å². The summed E-state index contributed by atoms with van der Waals surface area (Å²) in [6, 6.07) is -0.904. The second-order valence-corrected chi connectivity index (χ2v) is 3.73. The zero-order valence-corrected chi connectivity index (χ0v) is 10.3. The van der Waals surface area contributed by atoms with Crippen LogP contribution in [0.5, 0.6) is 0 Å². The molecule has 106 valence electrons. The van der Waals surface area contributed by atoms with Gasteiger partial charge in [-0.05, 0) is 13.3 Å². The number of carbonyl (C=O) groups is 2. The molecular formula is C10H17F3N2O3. The van der Waals surface area contributed by atoms with E-state index in [-0.39, 0.29) is 6.54 Å². The van der Waals surface area contributed by atoms with E-state index in [1.54, 1.807) is 13.8 Å². The number of aliphatic carboxylic acids is 1. The Morgan fingerprint density at radius 1 is 1.17 bits per heavy atom. The molecule has 0 spiro atoms. The zero-order chi connectivity index (χ0) is 14.3. The van der Waals surface area contributed by atoms with Crippen LogP contribution in [-0.4, -0.2) is 59.3 Å². The standard InChI is InChI=1S/C10H17F3N2O3/c1-3-5-14(4-2)9(18)15(6-8(16)17)7-10(11,12)13/h3-7H2,1-2H3,(H,16,17). The molecule has 0 fully saturated rings. The van der Waals surface area contributed by atoms with Crippen molar-refractivity contribution in [2.75, 3.05) is 26.2 Å². The van der Waals surface area contributed by atoms with Crippen LogP contribution < -0.4 is 0 Å². The lowest BCUT2D eigenvalue weighted by Gasteiger charge is -2.29. The Morgan fingerprint density at radius 2 is 1.72 bits per heavy atom. The second kappa shape index (κ2) is 7.07. The molecule has 18 heavy (non-hydrogen) atoms. The lowest BCUT2D eigenvalue weighted by atomic mass is 10.4. The summed E-state index contributed by atoms with van der Waals surface area (Å²) in [7, 11) is 0. The van der Waals surface area contributed by atoms with Crippen molar-refractivity contribution in [1.29, 1.82) is 0 Å². The maximum absolute atomic E-state index is 12.3. The Bertz CT molecular complexity index is 295. The van der Waals surface area contributed by atoms with Gasteiger partial charge in [-0.15, -0.1) is 0 Å². The largest absolute Gasteiger partial charge is 0.480 e. The van der Waals surface area contributed by atoms with Crippen molar-refractivity contribution in [3.63, 3.8) is 0 Å². The highest BCUT2D eigenvalue weighted by atomic mass is 19.4. The summed E-state index contributed by atoms with van der Waals surface area (Å²) in [6.45, 7) is 1.42. The van der Waals surface area contributed by atoms with E-state index in [1.807, 2.05) is 0 Å². The number of rotatable bonds is 6. The van der Waals surface area contributed by atoms with E-state index >= 15 is 0 Å². The van der Waals surface area contributed by atoms with Gasteiger partial charge >= 0.3 is 18.2 Å². The molecule has 0 atom stereocenters. The van der Waals surface area contributed by atoms with E-state index in [2.05, 4.69) is 0 Å². The number of halogens is 3. The first-order valence-electron chi connectivity index (χ1n) is 5.53. The van der Waals surface area contributed by atoms with E-state index in [0.29, 0.717) is 17.9 Å². The number of carboxylic acid groups (broad SMARTS) is 1. The van der Waals surface area contributed by atoms with Gasteiger partial charge in [-0.25, -0.2) is 4.79 Å². The summed E-state index contributed by atoms with van der Waals surface area (Å²) in [5.41, 5.74) is 0. The van der Waals surface area contributed by atoms with E-state index < -0.39 is 31.3 Å². The minimum absolute atomic E-state index is 0.237. The van der Waals surface area contributed by atoms with Crippen LogP contribution in [0.15, 0.2) is 0 Å². The first-order valence-corrected chi connectivity index (χ1v) is 5.53. The van der Waals surface area contributed by atoms with Crippen LogP contribution in [0.25, 0.3) is 0 Å². The Kier molecular flexibility index (Phi) is 6.50. The zero-order valence-electron chi connectivity index (χ0n) is 10.3. The molecule has 0 aromatic heterocycles. The van der Waals surface area contributed by atoms with Gasteiger partial charge in [0.05, 0.1) is 0 Å². The summed E-state index contributed by atoms with van der Waals surface area (Å²) in [4.78, 5) is 23.7. The van der Waals surface area contributed by atoms with Gasteiger partial charge in [0.25, 0.3) is 0 Å². The van der Waals surface area contributed by atoms with Gasteiger partial charge in [-0.3, -0.25) is 4.79 Å². The van der Waals surface area contributed by atoms with Crippen molar-refractivity contribution < 1.29 is 27.9 Å². The third-order valence-electron chi connectivity index (χ3n) is 2.11. The number of hydrogen-bond donors (Lipinski definition) is 1. The Morgan fingerprint density at radius 3 is 2.06 bits per heavy atom. The van der Waals surface area contributed by atoms with Crippen molar-refractivity contribution in [3.8, 4) is 0 Å². The van der Waals surface area contributed by atoms with E-state index in [1.165, 1.54) is 4.90 Å². The fourth-order valence-electron chi connectivity index (χ4n) is 1.43. The van der Waals surface area contributed by atoms with Crippen molar-refractivity contribution in [2.45, 2.75) is 26.4 Å². The van der Waals surface area contributed by atoms with Gasteiger partial charge in [0.1, 0.15) is 13.1 Å². The Hall–Kier alpha value is -1.47. The highest BCUT2D eigenvalue weighted by molar-refractivity contribution is 5.80. The molecule has 0 saturated heterocycles. The van der Waals surface area contributed by atoms with Gasteiger partial charge in [0.15, 0.2) is 0 Å². The number of urea groups is 1. The number of alkyl halides is 3. The van der Waals surface area contributed by atoms with E-state index in [9.17, 15) is 22.8 Å². The Balaban J connectivity index is 4.82. The molecule has 0 radical (unpaired) electrons. The molecule has 0 aliphatic carbocycles. The molecule has 2 amide bonds. The van der Waals surface area contributed by atoms with Gasteiger partial charge in [0, 0.05) is 13.1 Å². The number of carbonyl (C=O) groups excluding carboxylic acids is 1. The fraction of sp³-hybridized carbons (Fsp3) is 0.800. The molecule has 0 rings (SSSR count). The molecule has 0 aliphatic heterocycles. The number of hydrogen-bond acceptors (Lipinski definition) is 2. The predicted molar refractivity (Wildman–Crippen MR) is 58.2 cm³/mol. The smallest absolute Gasteiger partial charge is 0.406 e. The molecule has 0 saturated carbocycles. The molecular weight excluding hydrogens is 253 g/mol. The van der Waals surface area contributed by atoms with Crippen LogP contribution in [0.4, 0.5) is 18.0 Å². The molecule has 1 N–H and O–H groups in total. The maximum Gasteiger partial charge on any atom is 0.406 e. The lowest BCUT2D eigenvalue weighted by molar-refractivity contribution is -0.149. The molecule has 5 nitrogen and oxygen atoms in total. The first kappa shape index (κ1) is 16.5. The third kappa shape index (κ3) is 6.31. The minimum Gasteiger partial charge on any atom is -0.480 e. The Labute approximate surface area is 103 Å². The molecule has 0 aromatic carbocycles. The molecule has 0 bridgehead atoms. The monoisotopic (exact) mass is 270 g/mol. The van der Waals surface area contributed by atoms with Gasteiger partial charge < -0.3 is 14.9 Å². The quantitative estimate of drug-likeness (QED) is 0.800. The summed E-state index contributed by atoms with van der Waals surface area (Å²) in [5, 5.41) is 8.53. The van der Waals surface area contributed by atoms with E-state index in [4.69, 9.17) is 5.11 Å². The normalized spacial score (nSPS) is 11.2. The average Bonchev–Trinajstić information content (AvgIpc) is 2.21. The molecule has 0 aromatic rings. The van der Waals surface area contributed by atoms with Crippen molar-refractivity contribution in [3.05, 3.63) is 0 Å². The maximum atomic E-state index is 12.3. The summed E-state index contributed by atoms with van der Waals surface area (Å²) >= 11 is 0. The molecule has 0 heterocycles. The van der Waals surface area contributed by atoms with Crippen molar-refractivity contribution in [1.82, 2.24) is 9.80 Å². The van der Waals surface area contributed by atoms with Gasteiger partial charge in [-0.1, -0.05) is 6.92 Å². The third-order valence-corrected chi connectivity index (χ3v) is 2.11. The summed E-state index contributed by atoms with van der Waals surface area (Å²) in [6.07, 6.45) is -4.02. The lowest BCUT2D eigenvalue weighted by Crippen LogP contribution is -2.49. The molecule has 0 unspecified atom stereocenters. The molecule has 0 aliphatic rings. The first-order chi connectivity index (χ1) is 8.21. The van der Waals surface area contributed by atoms with Crippen LogP contribution in [0.1, 0.15) is 20.3 Å². The van der Waals surface area contributed by atoms with Gasteiger partial charge in [0.2, 0.25) is 0 Å². The topological polar surface area (TPSA) is 60.9 Å². The highest BCUT2D eigenvalue weighted by Crippen LogP contribution is 2.17. The van der Waals surface area contributed by atoms with Crippen molar-refractivity contribution >= 4 is 12.0 Å². The highest BCUT2D eigenvalue weighted by Gasteiger charge is 2.35. The second-order valence-electron chi connectivity index (χ2n) is 3.73. The number of nitrogens with zero attached hydrogens (tertiary/aromatic N) is 2. The van der Waals surface area contributed by atoms with Crippen LogP contribution >= 0.6 is 0 Å². The van der Waals surface area contributed by atoms with Crippen LogP contribution in [0, 0.1) is 0 Å². The van der Waals surface area contributed by atoms with Crippen LogP contribution in [0.3, 0.4) is 0 Å². The number of carboxylic acids is 1. The average molecular weight is 270 g/mol. The van der Waals surface area contributed by atoms with E-state index in [0.717, 1.165) is 0 Å². The summed E-state index contributed by atoms with van der Waals surface area (Å²) in [5.74, 6) is -1.47. The van der Waals surface area contributed by atoms with Crippen LogP contribution in [-0.2, 0) is 4.79 Å². The van der Waals surface area contributed by atoms with Crippen LogP contribution in [0.2, 0.25) is 0 Å². The SMILES string of the molecule is CCCN(CC)C(=O)N(CC(=O)O)CC(F)(F)F. The van der Waals surface area contributed by atoms with Crippen molar-refractivity contribution in [2.24, 2.45) is 0 Å². The summed E-state index contributed by atoms with van der Waals surface area (Å²) < 4.78 is 36.8.